The van der Waals surface area contributed by atoms with E-state index in [1.807, 2.05) is 43.5 Å². The maximum Gasteiger partial charge on any atom is 0.264 e. The first kappa shape index (κ1) is 35.2. The fourth-order valence-corrected chi connectivity index (χ4v) is 7.85. The minimum absolute atomic E-state index is 0.0244. The molecule has 0 heterocycles. The van der Waals surface area contributed by atoms with Gasteiger partial charge < -0.3 is 10.2 Å². The van der Waals surface area contributed by atoms with Crippen LogP contribution in [-0.2, 0) is 32.6 Å². The van der Waals surface area contributed by atoms with Crippen molar-refractivity contribution >= 4 is 39.3 Å². The van der Waals surface area contributed by atoms with Gasteiger partial charge in [-0.2, -0.15) is 0 Å². The van der Waals surface area contributed by atoms with Crippen molar-refractivity contribution in [2.75, 3.05) is 17.1 Å². The van der Waals surface area contributed by atoms with Gasteiger partial charge in [0.2, 0.25) is 11.8 Å². The lowest BCUT2D eigenvalue weighted by Gasteiger charge is -2.35. The summed E-state index contributed by atoms with van der Waals surface area (Å²) < 4.78 is 44.8. The monoisotopic (exact) mass is 687 g/mol. The van der Waals surface area contributed by atoms with Gasteiger partial charge in [-0.15, -0.1) is 11.8 Å². The largest absolute Gasteiger partial charge is 0.352 e. The van der Waals surface area contributed by atoms with E-state index in [2.05, 4.69) is 5.32 Å². The number of nitrogens with zero attached hydrogens (tertiary/aromatic N) is 2. The van der Waals surface area contributed by atoms with Gasteiger partial charge in [0.05, 0.1) is 10.6 Å². The maximum atomic E-state index is 15.2. The molecule has 48 heavy (non-hydrogen) atoms. The number of nitrogens with one attached hydrogen (secondary N) is 1. The van der Waals surface area contributed by atoms with Crippen molar-refractivity contribution in [3.63, 3.8) is 0 Å². The molecule has 0 aliphatic heterocycles. The summed E-state index contributed by atoms with van der Waals surface area (Å²) in [7, 11) is -4.23. The van der Waals surface area contributed by atoms with Crippen molar-refractivity contribution in [1.82, 2.24) is 10.2 Å². The van der Waals surface area contributed by atoms with Gasteiger partial charge in [0, 0.05) is 29.5 Å². The van der Waals surface area contributed by atoms with Crippen LogP contribution < -0.4 is 9.62 Å². The molecule has 4 aromatic rings. The first-order valence-corrected chi connectivity index (χ1v) is 18.9. The average Bonchev–Trinajstić information content (AvgIpc) is 3.10. The van der Waals surface area contributed by atoms with E-state index in [-0.39, 0.29) is 35.4 Å². The molecule has 0 spiro atoms. The molecule has 0 radical (unpaired) electrons. The van der Waals surface area contributed by atoms with Crippen LogP contribution in [0.1, 0.15) is 48.8 Å². The highest BCUT2D eigenvalue weighted by Crippen LogP contribution is 2.27. The van der Waals surface area contributed by atoms with Crippen LogP contribution in [0.5, 0.6) is 0 Å². The van der Waals surface area contributed by atoms with Crippen LogP contribution in [0.4, 0.5) is 10.1 Å². The molecule has 1 atom stereocenters. The highest BCUT2D eigenvalue weighted by molar-refractivity contribution is 7.98. The summed E-state index contributed by atoms with van der Waals surface area (Å²) in [5, 5.41) is 3.17. The quantitative estimate of drug-likeness (QED) is 0.151. The number of carbonyl (C=O) groups is 2. The molecule has 0 bridgehead atoms. The first-order valence-electron chi connectivity index (χ1n) is 16.3. The zero-order valence-electron chi connectivity index (χ0n) is 27.3. The number of amides is 2. The second-order valence-electron chi connectivity index (χ2n) is 12.2. The average molecular weight is 688 g/mol. The van der Waals surface area contributed by atoms with Crippen molar-refractivity contribution in [2.45, 2.75) is 73.9 Å². The standard InChI is InChI=1S/C38H42FN3O4S2/c1-28-17-19-32(20-18-28)42(48(45,46)34-23-21-33(47-2)22-24-34)27-37(43)41(26-30-13-9-10-16-35(30)39)36(25-29-11-5-3-6-12-29)38(44)40-31-14-7-4-8-15-31/h3,5-6,9-13,16-24,31,36H,4,7-8,14-15,25-27H2,1-2H3,(H,40,44)/t36-/m0/s1. The lowest BCUT2D eigenvalue weighted by Crippen LogP contribution is -2.55. The van der Waals surface area contributed by atoms with E-state index >= 15 is 4.39 Å². The maximum absolute atomic E-state index is 15.2. The summed E-state index contributed by atoms with van der Waals surface area (Å²) in [4.78, 5) is 31.1. The number of sulfonamides is 1. The van der Waals surface area contributed by atoms with Crippen LogP contribution in [0.3, 0.4) is 0 Å². The van der Waals surface area contributed by atoms with Crippen molar-refractivity contribution in [1.29, 1.82) is 0 Å². The van der Waals surface area contributed by atoms with Gasteiger partial charge in [-0.3, -0.25) is 13.9 Å². The molecule has 252 valence electrons. The molecule has 1 fully saturated rings. The molecule has 1 aliphatic carbocycles. The van der Waals surface area contributed by atoms with Gasteiger partial charge in [0.15, 0.2) is 0 Å². The second-order valence-corrected chi connectivity index (χ2v) is 14.9. The Morgan fingerprint density at radius 2 is 1.52 bits per heavy atom. The van der Waals surface area contributed by atoms with Crippen LogP contribution in [0.25, 0.3) is 0 Å². The molecule has 0 aromatic heterocycles. The van der Waals surface area contributed by atoms with Gasteiger partial charge >= 0.3 is 0 Å². The summed E-state index contributed by atoms with van der Waals surface area (Å²) in [6, 6.07) is 27.9. The third kappa shape index (κ3) is 8.85. The molecule has 1 N–H and O–H groups in total. The second kappa shape index (κ2) is 16.3. The number of halogens is 1. The zero-order valence-corrected chi connectivity index (χ0v) is 29.0. The SMILES string of the molecule is CSc1ccc(S(=O)(=O)N(CC(=O)N(Cc2ccccc2F)[C@@H](Cc2ccccc2)C(=O)NC2CCCCC2)c2ccc(C)cc2)cc1. The van der Waals surface area contributed by atoms with Gasteiger partial charge in [0.1, 0.15) is 18.4 Å². The van der Waals surface area contributed by atoms with Crippen LogP contribution in [-0.4, -0.2) is 50.0 Å². The fourth-order valence-electron chi connectivity index (χ4n) is 6.02. The van der Waals surface area contributed by atoms with Gasteiger partial charge in [-0.1, -0.05) is 85.5 Å². The summed E-state index contributed by atoms with van der Waals surface area (Å²) in [6.45, 7) is 1.08. The Hall–Kier alpha value is -4.15. The minimum atomic E-state index is -4.23. The predicted molar refractivity (Wildman–Crippen MR) is 190 cm³/mol. The molecule has 1 saturated carbocycles. The molecule has 0 unspecified atom stereocenters. The number of aryl methyl sites for hydroxylation is 1. The smallest absolute Gasteiger partial charge is 0.264 e. The number of benzene rings is 4. The summed E-state index contributed by atoms with van der Waals surface area (Å²) in [5.74, 6) is -1.48. The van der Waals surface area contributed by atoms with E-state index in [1.165, 1.54) is 34.9 Å². The van der Waals surface area contributed by atoms with E-state index in [9.17, 15) is 18.0 Å². The normalized spacial score (nSPS) is 14.2. The van der Waals surface area contributed by atoms with E-state index in [0.717, 1.165) is 52.4 Å². The highest BCUT2D eigenvalue weighted by Gasteiger charge is 2.35. The van der Waals surface area contributed by atoms with E-state index in [0.29, 0.717) is 5.69 Å². The van der Waals surface area contributed by atoms with Gasteiger partial charge in [0.25, 0.3) is 10.0 Å². The predicted octanol–water partition coefficient (Wildman–Crippen LogP) is 7.14. The third-order valence-electron chi connectivity index (χ3n) is 8.77. The van der Waals surface area contributed by atoms with Crippen LogP contribution in [0.2, 0.25) is 0 Å². The van der Waals surface area contributed by atoms with Crippen molar-refractivity contribution < 1.29 is 22.4 Å². The Balaban J connectivity index is 1.56. The lowest BCUT2D eigenvalue weighted by atomic mass is 9.94. The molecular formula is C38H42FN3O4S2. The van der Waals surface area contributed by atoms with E-state index < -0.39 is 34.3 Å². The molecule has 1 aliphatic rings. The fraction of sp³-hybridized carbons (Fsp3) is 0.316. The number of hydrogen-bond donors (Lipinski definition) is 1. The van der Waals surface area contributed by atoms with E-state index in [1.54, 1.807) is 54.6 Å². The molecule has 2 amide bonds. The van der Waals surface area contributed by atoms with Crippen molar-refractivity contribution in [3.05, 3.63) is 126 Å². The number of anilines is 1. The first-order chi connectivity index (χ1) is 23.2. The van der Waals surface area contributed by atoms with Gasteiger partial charge in [-0.05, 0) is 74.0 Å². The van der Waals surface area contributed by atoms with Crippen LogP contribution in [0, 0.1) is 12.7 Å². The lowest BCUT2D eigenvalue weighted by molar-refractivity contribution is -0.140. The Kier molecular flexibility index (Phi) is 11.9. The highest BCUT2D eigenvalue weighted by atomic mass is 32.2. The minimum Gasteiger partial charge on any atom is -0.352 e. The number of rotatable bonds is 13. The molecule has 0 saturated heterocycles. The summed E-state index contributed by atoms with van der Waals surface area (Å²) >= 11 is 1.49. The molecule has 10 heteroatoms. The summed E-state index contributed by atoms with van der Waals surface area (Å²) in [6.07, 6.45) is 6.90. The number of thioether (sulfide) groups is 1. The Morgan fingerprint density at radius 3 is 2.17 bits per heavy atom. The number of hydrogen-bond acceptors (Lipinski definition) is 5. The molecule has 4 aromatic carbocycles. The molecule has 5 rings (SSSR count). The zero-order chi connectivity index (χ0) is 34.1. The van der Waals surface area contributed by atoms with Gasteiger partial charge in [-0.25, -0.2) is 12.8 Å². The van der Waals surface area contributed by atoms with Crippen LogP contribution in [0.15, 0.2) is 113 Å². The molecule has 7 nitrogen and oxygen atoms in total. The third-order valence-corrected chi connectivity index (χ3v) is 11.3. The van der Waals surface area contributed by atoms with E-state index in [4.69, 9.17) is 0 Å². The van der Waals surface area contributed by atoms with Crippen molar-refractivity contribution in [3.8, 4) is 0 Å². The van der Waals surface area contributed by atoms with Crippen molar-refractivity contribution in [2.24, 2.45) is 0 Å². The topological polar surface area (TPSA) is 86.8 Å². The Labute approximate surface area is 287 Å². The summed E-state index contributed by atoms with van der Waals surface area (Å²) in [5.41, 5.74) is 2.28. The Bertz CT molecular complexity index is 1780. The Morgan fingerprint density at radius 1 is 0.875 bits per heavy atom. The number of carbonyl (C=O) groups excluding carboxylic acids is 2. The van der Waals surface area contributed by atoms with Crippen LogP contribution >= 0.6 is 11.8 Å². The molecular weight excluding hydrogens is 646 g/mol.